The fourth-order valence-electron chi connectivity index (χ4n) is 2.77. The lowest BCUT2D eigenvalue weighted by atomic mass is 9.90. The molecule has 1 unspecified atom stereocenters. The standard InChI is InChI=1S/C20H28O4/c1-4-18(21)12-15-24-19(16-8-6-5-7-9-16)17-10-13-20(22-2,23-3)14-11-17/h5-11,13-14,17-19,21H,4,12,15H2,1-3H3/t18-,19?/m0/s1. The number of hydrogen-bond donors (Lipinski definition) is 1. The van der Waals surface area contributed by atoms with Gasteiger partial charge < -0.3 is 19.3 Å². The number of ether oxygens (including phenoxy) is 3. The van der Waals surface area contributed by atoms with Crippen molar-refractivity contribution in [3.8, 4) is 0 Å². The summed E-state index contributed by atoms with van der Waals surface area (Å²) in [6.07, 6.45) is 8.91. The van der Waals surface area contributed by atoms with Crippen LogP contribution in [0.3, 0.4) is 0 Å². The number of rotatable bonds is 9. The molecule has 1 N–H and O–H groups in total. The SMILES string of the molecule is CC[C@H](O)CCOC(c1ccccc1)C1C=CC(OC)(OC)C=C1. The second-order valence-corrected chi connectivity index (χ2v) is 5.98. The van der Waals surface area contributed by atoms with Gasteiger partial charge in [-0.05, 0) is 30.6 Å². The molecule has 0 heterocycles. The lowest BCUT2D eigenvalue weighted by Gasteiger charge is -2.31. The third kappa shape index (κ3) is 4.77. The summed E-state index contributed by atoms with van der Waals surface area (Å²) in [7, 11) is 3.24. The van der Waals surface area contributed by atoms with Crippen molar-refractivity contribution >= 4 is 0 Å². The van der Waals surface area contributed by atoms with Crippen LogP contribution in [0.25, 0.3) is 0 Å². The summed E-state index contributed by atoms with van der Waals surface area (Å²) < 4.78 is 17.0. The zero-order valence-corrected chi connectivity index (χ0v) is 14.7. The van der Waals surface area contributed by atoms with Crippen molar-refractivity contribution in [3.05, 3.63) is 60.2 Å². The van der Waals surface area contributed by atoms with Crippen LogP contribution in [0, 0.1) is 5.92 Å². The highest BCUT2D eigenvalue weighted by molar-refractivity contribution is 5.26. The van der Waals surface area contributed by atoms with Gasteiger partial charge in [0.2, 0.25) is 5.79 Å². The van der Waals surface area contributed by atoms with Crippen LogP contribution in [-0.2, 0) is 14.2 Å². The van der Waals surface area contributed by atoms with Crippen molar-refractivity contribution < 1.29 is 19.3 Å². The molecule has 132 valence electrons. The first-order valence-electron chi connectivity index (χ1n) is 8.47. The van der Waals surface area contributed by atoms with E-state index >= 15 is 0 Å². The topological polar surface area (TPSA) is 47.9 Å². The van der Waals surface area contributed by atoms with E-state index in [2.05, 4.69) is 24.3 Å². The second-order valence-electron chi connectivity index (χ2n) is 5.98. The lowest BCUT2D eigenvalue weighted by molar-refractivity contribution is -0.135. The third-order valence-electron chi connectivity index (χ3n) is 4.44. The number of hydrogen-bond acceptors (Lipinski definition) is 4. The maximum atomic E-state index is 9.74. The van der Waals surface area contributed by atoms with Crippen LogP contribution in [-0.4, -0.2) is 37.8 Å². The molecule has 1 aromatic rings. The maximum Gasteiger partial charge on any atom is 0.207 e. The van der Waals surface area contributed by atoms with Gasteiger partial charge in [-0.2, -0.15) is 0 Å². The first kappa shape index (κ1) is 18.9. The predicted octanol–water partition coefficient (Wildman–Crippen LogP) is 3.64. The minimum Gasteiger partial charge on any atom is -0.393 e. The van der Waals surface area contributed by atoms with Crippen molar-refractivity contribution in [1.82, 2.24) is 0 Å². The maximum absolute atomic E-state index is 9.74. The molecular weight excluding hydrogens is 304 g/mol. The average Bonchev–Trinajstić information content (AvgIpc) is 2.66. The third-order valence-corrected chi connectivity index (χ3v) is 4.44. The van der Waals surface area contributed by atoms with E-state index in [-0.39, 0.29) is 18.1 Å². The Labute approximate surface area is 144 Å². The van der Waals surface area contributed by atoms with E-state index in [1.54, 1.807) is 14.2 Å². The van der Waals surface area contributed by atoms with Crippen LogP contribution in [0.4, 0.5) is 0 Å². The molecule has 0 aliphatic heterocycles. The van der Waals surface area contributed by atoms with Crippen LogP contribution in [0.2, 0.25) is 0 Å². The minimum absolute atomic E-state index is 0.0876. The van der Waals surface area contributed by atoms with E-state index in [0.717, 1.165) is 12.0 Å². The Hall–Kier alpha value is -1.46. The van der Waals surface area contributed by atoms with E-state index < -0.39 is 5.79 Å². The monoisotopic (exact) mass is 332 g/mol. The largest absolute Gasteiger partial charge is 0.393 e. The molecule has 2 rings (SSSR count). The van der Waals surface area contributed by atoms with Crippen molar-refractivity contribution in [3.63, 3.8) is 0 Å². The summed E-state index contributed by atoms with van der Waals surface area (Å²) in [6, 6.07) is 10.2. The summed E-state index contributed by atoms with van der Waals surface area (Å²) in [5.74, 6) is -0.708. The van der Waals surface area contributed by atoms with Gasteiger partial charge in [0.25, 0.3) is 0 Å². The van der Waals surface area contributed by atoms with Gasteiger partial charge in [-0.25, -0.2) is 0 Å². The molecule has 1 aromatic carbocycles. The van der Waals surface area contributed by atoms with Crippen LogP contribution in [0.5, 0.6) is 0 Å². The Balaban J connectivity index is 2.11. The molecule has 24 heavy (non-hydrogen) atoms. The predicted molar refractivity (Wildman–Crippen MR) is 94.6 cm³/mol. The molecule has 4 heteroatoms. The molecule has 0 saturated carbocycles. The van der Waals surface area contributed by atoms with Gasteiger partial charge in [-0.15, -0.1) is 0 Å². The molecule has 0 fully saturated rings. The van der Waals surface area contributed by atoms with Crippen molar-refractivity contribution in [2.24, 2.45) is 5.92 Å². The van der Waals surface area contributed by atoms with Crippen molar-refractivity contribution in [2.75, 3.05) is 20.8 Å². The van der Waals surface area contributed by atoms with Crippen LogP contribution < -0.4 is 0 Å². The van der Waals surface area contributed by atoms with Gasteiger partial charge in [0.15, 0.2) is 0 Å². The number of aliphatic hydroxyl groups excluding tert-OH is 1. The smallest absolute Gasteiger partial charge is 0.207 e. The van der Waals surface area contributed by atoms with Crippen molar-refractivity contribution in [1.29, 1.82) is 0 Å². The number of methoxy groups -OCH3 is 2. The Morgan fingerprint density at radius 2 is 1.71 bits per heavy atom. The zero-order chi connectivity index (χ0) is 17.4. The summed E-state index contributed by atoms with van der Waals surface area (Å²) in [5.41, 5.74) is 1.12. The fourth-order valence-corrected chi connectivity index (χ4v) is 2.77. The van der Waals surface area contributed by atoms with Crippen LogP contribution in [0.15, 0.2) is 54.6 Å². The molecular formula is C20H28O4. The summed E-state index contributed by atoms with van der Waals surface area (Å²) in [6.45, 7) is 2.49. The number of aliphatic hydroxyl groups is 1. The van der Waals surface area contributed by atoms with Crippen LogP contribution >= 0.6 is 0 Å². The van der Waals surface area contributed by atoms with E-state index in [1.165, 1.54) is 0 Å². The summed E-state index contributed by atoms with van der Waals surface area (Å²) in [5, 5.41) is 9.74. The molecule has 0 aromatic heterocycles. The molecule has 0 radical (unpaired) electrons. The Morgan fingerprint density at radius 1 is 1.08 bits per heavy atom. The van der Waals surface area contributed by atoms with Gasteiger partial charge in [0.1, 0.15) is 0 Å². The highest BCUT2D eigenvalue weighted by Gasteiger charge is 2.29. The first-order valence-corrected chi connectivity index (χ1v) is 8.47. The van der Waals surface area contributed by atoms with E-state index in [9.17, 15) is 5.11 Å². The van der Waals surface area contributed by atoms with Gasteiger partial charge in [0.05, 0.1) is 12.2 Å². The molecule has 1 aliphatic carbocycles. The zero-order valence-electron chi connectivity index (χ0n) is 14.7. The fraction of sp³-hybridized carbons (Fsp3) is 0.500. The van der Waals surface area contributed by atoms with E-state index in [1.807, 2.05) is 37.3 Å². The van der Waals surface area contributed by atoms with Gasteiger partial charge in [0, 0.05) is 26.7 Å². The highest BCUT2D eigenvalue weighted by Crippen LogP contribution is 2.33. The van der Waals surface area contributed by atoms with E-state index in [0.29, 0.717) is 13.0 Å². The van der Waals surface area contributed by atoms with Crippen molar-refractivity contribution in [2.45, 2.75) is 37.8 Å². The number of benzene rings is 1. The average molecular weight is 332 g/mol. The summed E-state index contributed by atoms with van der Waals surface area (Å²) >= 11 is 0. The normalized spacial score (nSPS) is 19.3. The Morgan fingerprint density at radius 3 is 2.25 bits per heavy atom. The molecule has 0 saturated heterocycles. The lowest BCUT2D eigenvalue weighted by Crippen LogP contribution is -2.31. The summed E-state index contributed by atoms with van der Waals surface area (Å²) in [4.78, 5) is 0. The molecule has 4 nitrogen and oxygen atoms in total. The van der Waals surface area contributed by atoms with Crippen LogP contribution in [0.1, 0.15) is 31.4 Å². The van der Waals surface area contributed by atoms with Gasteiger partial charge >= 0.3 is 0 Å². The Bertz CT molecular complexity index is 518. The van der Waals surface area contributed by atoms with Gasteiger partial charge in [-0.3, -0.25) is 0 Å². The molecule has 0 spiro atoms. The minimum atomic E-state index is -0.795. The molecule has 2 atom stereocenters. The van der Waals surface area contributed by atoms with E-state index in [4.69, 9.17) is 14.2 Å². The Kier molecular flexibility index (Phi) is 7.18. The highest BCUT2D eigenvalue weighted by atomic mass is 16.7. The second kappa shape index (κ2) is 9.14. The molecule has 1 aliphatic rings. The first-order chi connectivity index (χ1) is 11.6. The molecule has 0 bridgehead atoms. The molecule has 0 amide bonds. The van der Waals surface area contributed by atoms with Gasteiger partial charge in [-0.1, -0.05) is 49.4 Å². The quantitative estimate of drug-likeness (QED) is 0.554.